The van der Waals surface area contributed by atoms with Crippen LogP contribution >= 0.6 is 11.8 Å². The second-order valence-corrected chi connectivity index (χ2v) is 7.06. The van der Waals surface area contributed by atoms with E-state index in [-0.39, 0.29) is 24.1 Å². The molecule has 0 saturated heterocycles. The Morgan fingerprint density at radius 1 is 1.24 bits per heavy atom. The molecule has 2 amide bonds. The SMILES string of the molecule is CS[C@@H](C(=O)NCCC(=O)NS(C)(=O)=O)c1ccccc1. The molecule has 0 aliphatic carbocycles. The molecule has 0 bridgehead atoms. The van der Waals surface area contributed by atoms with Crippen LogP contribution in [-0.2, 0) is 19.6 Å². The molecular weight excluding hydrogens is 312 g/mol. The maximum absolute atomic E-state index is 12.1. The summed E-state index contributed by atoms with van der Waals surface area (Å²) in [5.74, 6) is -0.848. The number of carbonyl (C=O) groups excluding carboxylic acids is 2. The van der Waals surface area contributed by atoms with Crippen molar-refractivity contribution < 1.29 is 18.0 Å². The minimum absolute atomic E-state index is 0.0874. The van der Waals surface area contributed by atoms with Crippen LogP contribution in [0.4, 0.5) is 0 Å². The van der Waals surface area contributed by atoms with Crippen molar-refractivity contribution in [1.82, 2.24) is 10.0 Å². The molecule has 0 aliphatic rings. The number of hydrogen-bond acceptors (Lipinski definition) is 5. The van der Waals surface area contributed by atoms with E-state index in [0.29, 0.717) is 0 Å². The van der Waals surface area contributed by atoms with Crippen LogP contribution in [0.5, 0.6) is 0 Å². The Morgan fingerprint density at radius 3 is 2.38 bits per heavy atom. The van der Waals surface area contributed by atoms with Crippen LogP contribution in [0.1, 0.15) is 17.2 Å². The molecule has 1 aromatic carbocycles. The average Bonchev–Trinajstić information content (AvgIpc) is 2.38. The molecule has 8 heteroatoms. The molecule has 1 atom stereocenters. The summed E-state index contributed by atoms with van der Waals surface area (Å²) in [6, 6.07) is 9.29. The van der Waals surface area contributed by atoms with Gasteiger partial charge in [-0.25, -0.2) is 8.42 Å². The van der Waals surface area contributed by atoms with E-state index in [4.69, 9.17) is 0 Å². The molecule has 6 nitrogen and oxygen atoms in total. The van der Waals surface area contributed by atoms with Gasteiger partial charge in [0.15, 0.2) is 0 Å². The third-order valence-corrected chi connectivity index (χ3v) is 4.08. The van der Waals surface area contributed by atoms with E-state index in [9.17, 15) is 18.0 Å². The molecule has 1 rings (SSSR count). The molecule has 0 heterocycles. The van der Waals surface area contributed by atoms with Gasteiger partial charge >= 0.3 is 0 Å². The van der Waals surface area contributed by atoms with Crippen LogP contribution in [-0.4, -0.2) is 39.3 Å². The maximum Gasteiger partial charge on any atom is 0.237 e. The summed E-state index contributed by atoms with van der Waals surface area (Å²) in [6.45, 7) is 0.0874. The largest absolute Gasteiger partial charge is 0.354 e. The van der Waals surface area contributed by atoms with E-state index in [2.05, 4.69) is 5.32 Å². The minimum atomic E-state index is -3.55. The highest BCUT2D eigenvalue weighted by atomic mass is 32.2. The summed E-state index contributed by atoms with van der Waals surface area (Å²) >= 11 is 1.39. The number of amides is 2. The predicted molar refractivity (Wildman–Crippen MR) is 83.3 cm³/mol. The summed E-state index contributed by atoms with van der Waals surface area (Å²) in [5, 5.41) is 2.28. The number of benzene rings is 1. The number of thioether (sulfide) groups is 1. The summed E-state index contributed by atoms with van der Waals surface area (Å²) in [6.07, 6.45) is 2.64. The van der Waals surface area contributed by atoms with Crippen molar-refractivity contribution in [3.8, 4) is 0 Å². The van der Waals surface area contributed by atoms with E-state index < -0.39 is 15.9 Å². The van der Waals surface area contributed by atoms with Gasteiger partial charge < -0.3 is 5.32 Å². The lowest BCUT2D eigenvalue weighted by atomic mass is 10.1. The Labute approximate surface area is 128 Å². The number of carbonyl (C=O) groups is 2. The van der Waals surface area contributed by atoms with Crippen LogP contribution in [0.2, 0.25) is 0 Å². The van der Waals surface area contributed by atoms with E-state index in [1.54, 1.807) is 0 Å². The standard InChI is InChI=1S/C13H18N2O4S2/c1-20-12(10-6-4-3-5-7-10)13(17)14-9-8-11(16)15-21(2,18)19/h3-7,12H,8-9H2,1-2H3,(H,14,17)(H,15,16)/t12-/m1/s1. The Morgan fingerprint density at radius 2 is 1.86 bits per heavy atom. The van der Waals surface area contributed by atoms with Gasteiger partial charge in [0.05, 0.1) is 6.26 Å². The lowest BCUT2D eigenvalue weighted by Crippen LogP contribution is -2.34. The molecule has 116 valence electrons. The van der Waals surface area contributed by atoms with Crippen molar-refractivity contribution in [2.45, 2.75) is 11.7 Å². The van der Waals surface area contributed by atoms with Crippen molar-refractivity contribution >= 4 is 33.6 Å². The van der Waals surface area contributed by atoms with Crippen molar-refractivity contribution in [2.24, 2.45) is 0 Å². The highest BCUT2D eigenvalue weighted by molar-refractivity contribution is 7.99. The lowest BCUT2D eigenvalue weighted by molar-refractivity contribution is -0.121. The summed E-state index contributed by atoms with van der Waals surface area (Å²) in [5.41, 5.74) is 0.878. The molecule has 21 heavy (non-hydrogen) atoms. The number of sulfonamides is 1. The predicted octanol–water partition coefficient (Wildman–Crippen LogP) is 0.673. The molecule has 0 radical (unpaired) electrons. The zero-order valence-electron chi connectivity index (χ0n) is 11.8. The van der Waals surface area contributed by atoms with Crippen molar-refractivity contribution in [2.75, 3.05) is 19.1 Å². The van der Waals surface area contributed by atoms with Gasteiger partial charge in [0, 0.05) is 13.0 Å². The second kappa shape index (κ2) is 8.04. The van der Waals surface area contributed by atoms with Gasteiger partial charge in [-0.15, -0.1) is 11.8 Å². The van der Waals surface area contributed by atoms with Crippen LogP contribution in [0.3, 0.4) is 0 Å². The van der Waals surface area contributed by atoms with Crippen LogP contribution in [0.25, 0.3) is 0 Å². The zero-order valence-corrected chi connectivity index (χ0v) is 13.5. The van der Waals surface area contributed by atoms with Gasteiger partial charge in [-0.3, -0.25) is 14.3 Å². The monoisotopic (exact) mass is 330 g/mol. The van der Waals surface area contributed by atoms with Gasteiger partial charge in [0.1, 0.15) is 5.25 Å². The van der Waals surface area contributed by atoms with E-state index in [0.717, 1.165) is 11.8 Å². The fraction of sp³-hybridized carbons (Fsp3) is 0.385. The molecule has 0 spiro atoms. The molecule has 1 aromatic rings. The highest BCUT2D eigenvalue weighted by Crippen LogP contribution is 2.26. The molecule has 0 aliphatic heterocycles. The number of nitrogens with one attached hydrogen (secondary N) is 2. The zero-order chi connectivity index (χ0) is 15.9. The summed E-state index contributed by atoms with van der Waals surface area (Å²) < 4.78 is 23.6. The molecule has 0 saturated carbocycles. The molecule has 2 N–H and O–H groups in total. The lowest BCUT2D eigenvalue weighted by Gasteiger charge is -2.14. The highest BCUT2D eigenvalue weighted by Gasteiger charge is 2.19. The van der Waals surface area contributed by atoms with E-state index in [1.807, 2.05) is 41.3 Å². The van der Waals surface area contributed by atoms with Gasteiger partial charge in [-0.1, -0.05) is 30.3 Å². The first-order valence-corrected chi connectivity index (χ1v) is 9.37. The normalized spacial score (nSPS) is 12.5. The van der Waals surface area contributed by atoms with Crippen molar-refractivity contribution in [3.63, 3.8) is 0 Å². The van der Waals surface area contributed by atoms with Gasteiger partial charge in [0.25, 0.3) is 0 Å². The van der Waals surface area contributed by atoms with Crippen LogP contribution in [0, 0.1) is 0 Å². The molecule has 0 unspecified atom stereocenters. The second-order valence-electron chi connectivity index (χ2n) is 4.36. The molecule has 0 aromatic heterocycles. The first-order chi connectivity index (χ1) is 9.83. The Balaban J connectivity index is 2.48. The molecular formula is C13H18N2O4S2. The maximum atomic E-state index is 12.1. The average molecular weight is 330 g/mol. The van der Waals surface area contributed by atoms with Gasteiger partial charge in [0.2, 0.25) is 21.8 Å². The Kier molecular flexibility index (Phi) is 6.70. The summed E-state index contributed by atoms with van der Waals surface area (Å²) in [4.78, 5) is 23.4. The van der Waals surface area contributed by atoms with E-state index in [1.165, 1.54) is 11.8 Å². The number of hydrogen-bond donors (Lipinski definition) is 2. The fourth-order valence-corrected chi connectivity index (χ4v) is 2.91. The van der Waals surface area contributed by atoms with E-state index >= 15 is 0 Å². The Bertz CT molecular complexity index is 587. The quantitative estimate of drug-likeness (QED) is 0.767. The van der Waals surface area contributed by atoms with Crippen LogP contribution < -0.4 is 10.0 Å². The van der Waals surface area contributed by atoms with Crippen molar-refractivity contribution in [1.29, 1.82) is 0 Å². The van der Waals surface area contributed by atoms with Crippen LogP contribution in [0.15, 0.2) is 30.3 Å². The third kappa shape index (κ3) is 6.63. The minimum Gasteiger partial charge on any atom is -0.354 e. The van der Waals surface area contributed by atoms with Gasteiger partial charge in [-0.05, 0) is 11.8 Å². The first-order valence-electron chi connectivity index (χ1n) is 6.19. The summed E-state index contributed by atoms with van der Waals surface area (Å²) in [7, 11) is -3.55. The number of rotatable bonds is 7. The van der Waals surface area contributed by atoms with Crippen molar-refractivity contribution in [3.05, 3.63) is 35.9 Å². The smallest absolute Gasteiger partial charge is 0.237 e. The Hall–Kier alpha value is -1.54. The van der Waals surface area contributed by atoms with Gasteiger partial charge in [-0.2, -0.15) is 0 Å². The third-order valence-electron chi connectivity index (χ3n) is 2.53. The molecule has 0 fully saturated rings. The fourth-order valence-electron chi connectivity index (χ4n) is 1.67. The topological polar surface area (TPSA) is 92.3 Å². The first kappa shape index (κ1) is 17.5.